The molecule has 0 saturated heterocycles. The highest BCUT2D eigenvalue weighted by Gasteiger charge is 2.28. The van der Waals surface area contributed by atoms with E-state index in [2.05, 4.69) is 5.32 Å². The first-order valence-electron chi connectivity index (χ1n) is 12.4. The average Bonchev–Trinajstić information content (AvgIpc) is 2.84. The highest BCUT2D eigenvalue weighted by Crippen LogP contribution is 2.33. The van der Waals surface area contributed by atoms with Crippen LogP contribution in [0.1, 0.15) is 54.6 Å². The van der Waals surface area contributed by atoms with Gasteiger partial charge < -0.3 is 19.2 Å². The Bertz CT molecular complexity index is 1520. The van der Waals surface area contributed by atoms with Crippen molar-refractivity contribution in [2.75, 3.05) is 0 Å². The standard InChI is InChI=1S/C31H31NO6/c1-19-16-24-26(20(2)23(28(33)36-24)18-21-12-8-6-9-13-21)25(17-19)37-29(34)27(22-14-10-7-11-15-22)32-30(35)38-31(3,4)5/h6-17,27H,18H2,1-5H3,(H,32,35). The number of benzene rings is 3. The van der Waals surface area contributed by atoms with Crippen LogP contribution in [0.25, 0.3) is 11.0 Å². The Labute approximate surface area is 221 Å². The van der Waals surface area contributed by atoms with E-state index in [0.29, 0.717) is 34.1 Å². The highest BCUT2D eigenvalue weighted by molar-refractivity contribution is 5.92. The minimum atomic E-state index is -1.12. The van der Waals surface area contributed by atoms with Crippen molar-refractivity contribution in [1.82, 2.24) is 5.32 Å². The first-order valence-corrected chi connectivity index (χ1v) is 12.4. The minimum Gasteiger partial charge on any atom is -0.444 e. The second kappa shape index (κ2) is 10.9. The van der Waals surface area contributed by atoms with Crippen LogP contribution in [0.5, 0.6) is 5.75 Å². The molecule has 196 valence electrons. The van der Waals surface area contributed by atoms with Crippen molar-refractivity contribution in [3.05, 3.63) is 111 Å². The SMILES string of the molecule is Cc1cc(OC(=O)C(NC(=O)OC(C)(C)C)c2ccccc2)c2c(C)c(Cc3ccccc3)c(=O)oc2c1. The number of rotatable bonds is 6. The number of amides is 1. The fourth-order valence-corrected chi connectivity index (χ4v) is 4.24. The summed E-state index contributed by atoms with van der Waals surface area (Å²) >= 11 is 0. The lowest BCUT2D eigenvalue weighted by atomic mass is 9.98. The number of ether oxygens (including phenoxy) is 2. The van der Waals surface area contributed by atoms with E-state index in [1.165, 1.54) is 0 Å². The maximum atomic E-state index is 13.5. The van der Waals surface area contributed by atoms with Crippen molar-refractivity contribution >= 4 is 23.0 Å². The van der Waals surface area contributed by atoms with E-state index < -0.39 is 29.3 Å². The van der Waals surface area contributed by atoms with Gasteiger partial charge in [0.05, 0.1) is 5.39 Å². The highest BCUT2D eigenvalue weighted by atomic mass is 16.6. The van der Waals surface area contributed by atoms with Gasteiger partial charge in [0.2, 0.25) is 0 Å². The number of fused-ring (bicyclic) bond motifs is 1. The predicted octanol–water partition coefficient (Wildman–Crippen LogP) is 6.17. The van der Waals surface area contributed by atoms with Crippen molar-refractivity contribution in [2.24, 2.45) is 0 Å². The summed E-state index contributed by atoms with van der Waals surface area (Å²) < 4.78 is 17.0. The molecule has 7 nitrogen and oxygen atoms in total. The Morgan fingerprint density at radius 3 is 2.21 bits per heavy atom. The molecule has 7 heteroatoms. The molecule has 38 heavy (non-hydrogen) atoms. The van der Waals surface area contributed by atoms with Crippen molar-refractivity contribution < 1.29 is 23.5 Å². The van der Waals surface area contributed by atoms with Gasteiger partial charge in [-0.15, -0.1) is 0 Å². The first-order chi connectivity index (χ1) is 18.0. The molecule has 0 aliphatic heterocycles. The molecule has 0 bridgehead atoms. The summed E-state index contributed by atoms with van der Waals surface area (Å²) in [5.41, 5.74) is 2.53. The maximum Gasteiger partial charge on any atom is 0.408 e. The van der Waals surface area contributed by atoms with Crippen LogP contribution in [0.4, 0.5) is 4.79 Å². The molecule has 1 heterocycles. The number of carbonyl (C=O) groups is 2. The zero-order chi connectivity index (χ0) is 27.4. The third kappa shape index (κ3) is 6.29. The summed E-state index contributed by atoms with van der Waals surface area (Å²) in [7, 11) is 0. The van der Waals surface area contributed by atoms with E-state index in [9.17, 15) is 14.4 Å². The van der Waals surface area contributed by atoms with Gasteiger partial charge in [-0.05, 0) is 69.0 Å². The van der Waals surface area contributed by atoms with E-state index in [1.807, 2.05) is 50.2 Å². The lowest BCUT2D eigenvalue weighted by molar-refractivity contribution is -0.136. The third-order valence-electron chi connectivity index (χ3n) is 5.95. The quantitative estimate of drug-likeness (QED) is 0.188. The fraction of sp³-hybridized carbons (Fsp3) is 0.258. The van der Waals surface area contributed by atoms with E-state index in [0.717, 1.165) is 11.1 Å². The molecule has 3 aromatic carbocycles. The van der Waals surface area contributed by atoms with Gasteiger partial charge in [-0.1, -0.05) is 60.7 Å². The van der Waals surface area contributed by atoms with E-state index in [4.69, 9.17) is 13.9 Å². The molecule has 0 aliphatic rings. The van der Waals surface area contributed by atoms with Crippen molar-refractivity contribution in [3.63, 3.8) is 0 Å². The van der Waals surface area contributed by atoms with Crippen LogP contribution in [0.3, 0.4) is 0 Å². The summed E-state index contributed by atoms with van der Waals surface area (Å²) in [5.74, 6) is -0.461. The molecule has 1 amide bonds. The number of nitrogens with one attached hydrogen (secondary N) is 1. The first kappa shape index (κ1) is 26.7. The molecular formula is C31H31NO6. The monoisotopic (exact) mass is 513 g/mol. The van der Waals surface area contributed by atoms with Crippen LogP contribution < -0.4 is 15.7 Å². The molecule has 0 fully saturated rings. The summed E-state index contributed by atoms with van der Waals surface area (Å²) in [5, 5.41) is 3.16. The van der Waals surface area contributed by atoms with Gasteiger partial charge in [0, 0.05) is 12.0 Å². The Kier molecular flexibility index (Phi) is 7.67. The van der Waals surface area contributed by atoms with Gasteiger partial charge in [0.15, 0.2) is 6.04 Å². The number of hydrogen-bond acceptors (Lipinski definition) is 6. The normalized spacial score (nSPS) is 12.1. The Morgan fingerprint density at radius 1 is 0.947 bits per heavy atom. The van der Waals surface area contributed by atoms with E-state index >= 15 is 0 Å². The van der Waals surface area contributed by atoms with Crippen LogP contribution in [-0.4, -0.2) is 17.7 Å². The van der Waals surface area contributed by atoms with Crippen molar-refractivity contribution in [1.29, 1.82) is 0 Å². The van der Waals surface area contributed by atoms with Gasteiger partial charge in [-0.2, -0.15) is 0 Å². The fourth-order valence-electron chi connectivity index (χ4n) is 4.24. The van der Waals surface area contributed by atoms with Gasteiger partial charge in [0.25, 0.3) is 0 Å². The smallest absolute Gasteiger partial charge is 0.408 e. The second-order valence-electron chi connectivity index (χ2n) is 10.2. The molecule has 1 unspecified atom stereocenters. The summed E-state index contributed by atoms with van der Waals surface area (Å²) in [6.07, 6.45) is -0.372. The van der Waals surface area contributed by atoms with E-state index in [-0.39, 0.29) is 5.75 Å². The largest absolute Gasteiger partial charge is 0.444 e. The molecule has 4 aromatic rings. The number of alkyl carbamates (subject to hydrolysis) is 1. The second-order valence-corrected chi connectivity index (χ2v) is 10.2. The molecule has 0 saturated carbocycles. The summed E-state index contributed by atoms with van der Waals surface area (Å²) in [4.78, 5) is 39.0. The zero-order valence-corrected chi connectivity index (χ0v) is 22.2. The summed E-state index contributed by atoms with van der Waals surface area (Å²) in [6.45, 7) is 8.86. The third-order valence-corrected chi connectivity index (χ3v) is 5.95. The maximum absolute atomic E-state index is 13.5. The Morgan fingerprint density at radius 2 is 1.58 bits per heavy atom. The van der Waals surface area contributed by atoms with Crippen LogP contribution in [-0.2, 0) is 16.0 Å². The molecule has 0 spiro atoms. The molecule has 1 atom stereocenters. The molecule has 0 radical (unpaired) electrons. The Hall–Kier alpha value is -4.39. The minimum absolute atomic E-state index is 0.243. The van der Waals surface area contributed by atoms with Crippen LogP contribution >= 0.6 is 0 Å². The number of esters is 1. The summed E-state index contributed by atoms with van der Waals surface area (Å²) in [6, 6.07) is 20.7. The van der Waals surface area contributed by atoms with Crippen molar-refractivity contribution in [2.45, 2.75) is 52.7 Å². The molecule has 1 aromatic heterocycles. The van der Waals surface area contributed by atoms with Crippen LogP contribution in [0.15, 0.2) is 82.0 Å². The van der Waals surface area contributed by atoms with Crippen LogP contribution in [0.2, 0.25) is 0 Å². The molecular weight excluding hydrogens is 482 g/mol. The lowest BCUT2D eigenvalue weighted by Crippen LogP contribution is -2.39. The molecule has 1 N–H and O–H groups in total. The zero-order valence-electron chi connectivity index (χ0n) is 22.2. The van der Waals surface area contributed by atoms with Gasteiger partial charge in [-0.25, -0.2) is 14.4 Å². The number of aryl methyl sites for hydroxylation is 2. The van der Waals surface area contributed by atoms with Gasteiger partial charge in [0.1, 0.15) is 16.9 Å². The van der Waals surface area contributed by atoms with Crippen LogP contribution in [0, 0.1) is 13.8 Å². The molecule has 4 rings (SSSR count). The topological polar surface area (TPSA) is 94.8 Å². The van der Waals surface area contributed by atoms with E-state index in [1.54, 1.807) is 57.2 Å². The predicted molar refractivity (Wildman–Crippen MR) is 145 cm³/mol. The van der Waals surface area contributed by atoms with Gasteiger partial charge in [-0.3, -0.25) is 0 Å². The average molecular weight is 514 g/mol. The Balaban J connectivity index is 1.74. The lowest BCUT2D eigenvalue weighted by Gasteiger charge is -2.23. The number of hydrogen-bond donors (Lipinski definition) is 1. The number of carbonyl (C=O) groups excluding carboxylic acids is 2. The van der Waals surface area contributed by atoms with Gasteiger partial charge >= 0.3 is 17.7 Å². The molecule has 0 aliphatic carbocycles. The van der Waals surface area contributed by atoms with Crippen molar-refractivity contribution in [3.8, 4) is 5.75 Å².